The van der Waals surface area contributed by atoms with Crippen molar-refractivity contribution in [3.8, 4) is 17.2 Å². The van der Waals surface area contributed by atoms with Crippen LogP contribution in [0.25, 0.3) is 0 Å². The number of quaternary nitrogens is 1. The van der Waals surface area contributed by atoms with Crippen molar-refractivity contribution < 1.29 is 33.4 Å². The second-order valence-electron chi connectivity index (χ2n) is 13.4. The number of carboxylic acids is 1. The first kappa shape index (κ1) is 33.3. The number of carbonyl (C=O) groups excluding carboxylic acids is 1. The van der Waals surface area contributed by atoms with Gasteiger partial charge < -0.3 is 28.7 Å². The van der Waals surface area contributed by atoms with E-state index in [9.17, 15) is 14.7 Å². The molecule has 46 heavy (non-hydrogen) atoms. The van der Waals surface area contributed by atoms with Gasteiger partial charge in [0.1, 0.15) is 18.9 Å². The van der Waals surface area contributed by atoms with E-state index in [0.29, 0.717) is 31.2 Å². The summed E-state index contributed by atoms with van der Waals surface area (Å²) in [6.45, 7) is 4.78. The van der Waals surface area contributed by atoms with E-state index < -0.39 is 17.9 Å². The number of nitrogens with zero attached hydrogens (tertiary/aromatic N) is 3. The van der Waals surface area contributed by atoms with Gasteiger partial charge in [-0.15, -0.1) is 0 Å². The zero-order valence-electron chi connectivity index (χ0n) is 27.8. The molecule has 1 N–H and O–H groups in total. The fourth-order valence-corrected chi connectivity index (χ4v) is 6.73. The Bertz CT molecular complexity index is 1520. The fraction of sp³-hybridized carbons (Fsp3) is 0.459. The summed E-state index contributed by atoms with van der Waals surface area (Å²) >= 11 is 0. The van der Waals surface area contributed by atoms with E-state index in [1.54, 1.807) is 7.11 Å². The molecule has 0 aliphatic carbocycles. The summed E-state index contributed by atoms with van der Waals surface area (Å²) in [6.07, 6.45) is 2.62. The van der Waals surface area contributed by atoms with Crippen LogP contribution < -0.4 is 19.1 Å². The Morgan fingerprint density at radius 1 is 1.04 bits per heavy atom. The number of para-hydroxylation sites is 2. The number of benzene rings is 3. The molecule has 2 heterocycles. The van der Waals surface area contributed by atoms with Crippen LogP contribution in [-0.4, -0.2) is 93.5 Å². The first-order valence-corrected chi connectivity index (χ1v) is 16.3. The van der Waals surface area contributed by atoms with Crippen molar-refractivity contribution in [1.29, 1.82) is 0 Å². The average Bonchev–Trinajstić information content (AvgIpc) is 3.64. The Morgan fingerprint density at radius 2 is 1.83 bits per heavy atom. The minimum absolute atomic E-state index is 0.0507. The van der Waals surface area contributed by atoms with E-state index in [-0.39, 0.29) is 25.0 Å². The lowest BCUT2D eigenvalue weighted by atomic mass is 9.84. The monoisotopic (exact) mass is 630 g/mol. The zero-order chi connectivity index (χ0) is 32.8. The predicted octanol–water partition coefficient (Wildman–Crippen LogP) is 5.22. The number of methoxy groups -OCH3 is 1. The van der Waals surface area contributed by atoms with Crippen LogP contribution in [0.4, 0.5) is 5.69 Å². The molecule has 2 aliphatic heterocycles. The Kier molecular flexibility index (Phi) is 10.5. The normalized spacial score (nSPS) is 19.4. The van der Waals surface area contributed by atoms with Gasteiger partial charge in [0, 0.05) is 36.7 Å². The fourth-order valence-electron chi connectivity index (χ4n) is 6.73. The molecule has 3 atom stereocenters. The maximum Gasteiger partial charge on any atom is 0.308 e. The Hall–Kier alpha value is -4.08. The molecular formula is C37H48N3O6+. The maximum absolute atomic E-state index is 14.3. The molecular weight excluding hydrogens is 582 g/mol. The Morgan fingerprint density at radius 3 is 2.54 bits per heavy atom. The van der Waals surface area contributed by atoms with E-state index in [2.05, 4.69) is 46.3 Å². The number of amides is 1. The lowest BCUT2D eigenvalue weighted by molar-refractivity contribution is -0.884. The number of hydrogen-bond donors (Lipinski definition) is 1. The summed E-state index contributed by atoms with van der Waals surface area (Å²) in [4.78, 5) is 31.2. The van der Waals surface area contributed by atoms with Crippen LogP contribution >= 0.6 is 0 Å². The van der Waals surface area contributed by atoms with E-state index in [1.165, 1.54) is 0 Å². The standard InChI is InChI=1S/C37H47N3O6/c1-6-7-18-39(29-12-10-11-26(20-29)24-40(2,3)4)35(41)23-38-22-30(27-15-16-32-28(21-27)17-19-45-32)36(37(42)43)31(38)25-46-34-14-9-8-13-33(34)44-5/h8-16,20-21,30-31,36H,6-7,17-19,22-25H2,1-5H3/p+1/t30-,31+,36-/m1/s1. The highest BCUT2D eigenvalue weighted by molar-refractivity contribution is 5.95. The maximum atomic E-state index is 14.3. The number of ether oxygens (including phenoxy) is 3. The number of carboxylic acid groups (broad SMARTS) is 1. The number of unbranched alkanes of at least 4 members (excludes halogenated alkanes) is 1. The Balaban J connectivity index is 1.45. The quantitative estimate of drug-likeness (QED) is 0.245. The van der Waals surface area contributed by atoms with Crippen molar-refractivity contribution in [2.24, 2.45) is 5.92 Å². The molecule has 3 aromatic carbocycles. The molecule has 1 fully saturated rings. The van der Waals surface area contributed by atoms with Crippen molar-refractivity contribution in [3.05, 3.63) is 83.4 Å². The predicted molar refractivity (Wildman–Crippen MR) is 179 cm³/mol. The molecule has 0 saturated carbocycles. The number of anilines is 1. The number of carbonyl (C=O) groups is 2. The van der Waals surface area contributed by atoms with Crippen LogP contribution in [0.1, 0.15) is 42.4 Å². The van der Waals surface area contributed by atoms with Gasteiger partial charge in [-0.1, -0.05) is 49.7 Å². The van der Waals surface area contributed by atoms with Gasteiger partial charge in [-0.25, -0.2) is 0 Å². The highest BCUT2D eigenvalue weighted by atomic mass is 16.5. The molecule has 2 aliphatic rings. The molecule has 9 heteroatoms. The highest BCUT2D eigenvalue weighted by Crippen LogP contribution is 2.41. The third-order valence-electron chi connectivity index (χ3n) is 8.91. The topological polar surface area (TPSA) is 88.5 Å². The van der Waals surface area contributed by atoms with Crippen LogP contribution in [-0.2, 0) is 22.6 Å². The van der Waals surface area contributed by atoms with Crippen LogP contribution in [0.2, 0.25) is 0 Å². The van der Waals surface area contributed by atoms with Gasteiger partial charge >= 0.3 is 5.97 Å². The van der Waals surface area contributed by atoms with Crippen LogP contribution in [0.3, 0.4) is 0 Å². The second-order valence-corrected chi connectivity index (χ2v) is 13.4. The average molecular weight is 631 g/mol. The minimum Gasteiger partial charge on any atom is -0.493 e. The van der Waals surface area contributed by atoms with Crippen molar-refractivity contribution in [2.45, 2.75) is 44.7 Å². The molecule has 0 radical (unpaired) electrons. The molecule has 1 amide bonds. The van der Waals surface area contributed by atoms with Gasteiger partial charge in [0.05, 0.1) is 53.4 Å². The molecule has 9 nitrogen and oxygen atoms in total. The summed E-state index contributed by atoms with van der Waals surface area (Å²) < 4.78 is 18.2. The number of fused-ring (bicyclic) bond motifs is 1. The Labute approximate surface area is 272 Å². The lowest BCUT2D eigenvalue weighted by Crippen LogP contribution is -2.46. The van der Waals surface area contributed by atoms with Crippen LogP contribution in [0.5, 0.6) is 17.2 Å². The first-order valence-electron chi connectivity index (χ1n) is 16.3. The number of likely N-dealkylation sites (tertiary alicyclic amines) is 1. The SMILES string of the molecule is CCCCN(C(=O)CN1C[C@H](c2ccc3c(c2)CCO3)[C@@H](C(=O)O)[C@@H]1COc1ccccc1OC)c1cccc(C[N+](C)(C)C)c1. The first-order chi connectivity index (χ1) is 22.1. The molecule has 246 valence electrons. The van der Waals surface area contributed by atoms with Gasteiger partial charge in [0.25, 0.3) is 0 Å². The number of rotatable bonds is 14. The molecule has 1 saturated heterocycles. The third kappa shape index (κ3) is 7.82. The van der Waals surface area contributed by atoms with E-state index in [0.717, 1.165) is 58.4 Å². The van der Waals surface area contributed by atoms with Crippen molar-refractivity contribution in [2.75, 3.05) is 66.0 Å². The summed E-state index contributed by atoms with van der Waals surface area (Å²) in [6, 6.07) is 21.0. The summed E-state index contributed by atoms with van der Waals surface area (Å²) in [5.74, 6) is -0.0802. The number of hydrogen-bond acceptors (Lipinski definition) is 6. The third-order valence-corrected chi connectivity index (χ3v) is 8.91. The molecule has 0 unspecified atom stereocenters. The second kappa shape index (κ2) is 14.6. The van der Waals surface area contributed by atoms with Crippen LogP contribution in [0.15, 0.2) is 66.7 Å². The minimum atomic E-state index is -0.902. The molecule has 3 aromatic rings. The van der Waals surface area contributed by atoms with Crippen molar-refractivity contribution >= 4 is 17.6 Å². The van der Waals surface area contributed by atoms with Gasteiger partial charge in [-0.2, -0.15) is 0 Å². The van der Waals surface area contributed by atoms with E-state index in [4.69, 9.17) is 14.2 Å². The van der Waals surface area contributed by atoms with Crippen LogP contribution in [0, 0.1) is 5.92 Å². The van der Waals surface area contributed by atoms with Gasteiger partial charge in [-0.05, 0) is 47.9 Å². The zero-order valence-corrected chi connectivity index (χ0v) is 27.8. The van der Waals surface area contributed by atoms with E-state index >= 15 is 0 Å². The lowest BCUT2D eigenvalue weighted by Gasteiger charge is -2.30. The summed E-state index contributed by atoms with van der Waals surface area (Å²) in [7, 11) is 8.03. The molecule has 5 rings (SSSR count). The molecule has 0 bridgehead atoms. The number of aliphatic carboxylic acids is 1. The molecule has 0 spiro atoms. The van der Waals surface area contributed by atoms with Gasteiger partial charge in [0.2, 0.25) is 5.91 Å². The largest absolute Gasteiger partial charge is 0.493 e. The smallest absolute Gasteiger partial charge is 0.308 e. The summed E-state index contributed by atoms with van der Waals surface area (Å²) in [5, 5.41) is 10.7. The van der Waals surface area contributed by atoms with Gasteiger partial charge in [0.15, 0.2) is 11.5 Å². The molecule has 0 aromatic heterocycles. The summed E-state index contributed by atoms with van der Waals surface area (Å²) in [5.41, 5.74) is 4.08. The van der Waals surface area contributed by atoms with Crippen molar-refractivity contribution in [1.82, 2.24) is 4.90 Å². The highest BCUT2D eigenvalue weighted by Gasteiger charge is 2.48. The van der Waals surface area contributed by atoms with Gasteiger partial charge in [-0.3, -0.25) is 14.5 Å². The van der Waals surface area contributed by atoms with E-state index in [1.807, 2.05) is 58.3 Å². The van der Waals surface area contributed by atoms with Crippen molar-refractivity contribution in [3.63, 3.8) is 0 Å².